The second kappa shape index (κ2) is 8.86. The van der Waals surface area contributed by atoms with E-state index in [2.05, 4.69) is 15.5 Å². The second-order valence-electron chi connectivity index (χ2n) is 7.58. The Morgan fingerprint density at radius 2 is 2.03 bits per heavy atom. The van der Waals surface area contributed by atoms with E-state index in [4.69, 9.17) is 5.84 Å². The summed E-state index contributed by atoms with van der Waals surface area (Å²) in [4.78, 5) is 26.1. The lowest BCUT2D eigenvalue weighted by atomic mass is 9.89. The van der Waals surface area contributed by atoms with Crippen LogP contribution in [-0.2, 0) is 9.59 Å². The number of nitrogen functional groups attached to an aromatic ring is 1. The lowest BCUT2D eigenvalue weighted by Gasteiger charge is -2.20. The van der Waals surface area contributed by atoms with Gasteiger partial charge in [-0.15, -0.1) is 10.2 Å². The SMILES string of the molecule is Nn1c(SCC(=O)Nc2cccc(N3CCCC3=O)c2)nnc1C1CCCCC1. The molecule has 2 heterocycles. The maximum atomic E-state index is 12.4. The zero-order valence-corrected chi connectivity index (χ0v) is 17.2. The van der Waals surface area contributed by atoms with Crippen LogP contribution in [-0.4, -0.2) is 39.0 Å². The Labute approximate surface area is 174 Å². The van der Waals surface area contributed by atoms with Crippen molar-refractivity contribution in [2.45, 2.75) is 56.0 Å². The van der Waals surface area contributed by atoms with Crippen molar-refractivity contribution >= 4 is 35.0 Å². The molecule has 3 N–H and O–H groups in total. The van der Waals surface area contributed by atoms with E-state index in [9.17, 15) is 9.59 Å². The Hall–Kier alpha value is -2.55. The molecule has 1 aliphatic heterocycles. The number of thioether (sulfide) groups is 1. The van der Waals surface area contributed by atoms with Crippen molar-refractivity contribution in [1.82, 2.24) is 14.9 Å². The van der Waals surface area contributed by atoms with E-state index in [0.717, 1.165) is 37.3 Å². The molecule has 1 aromatic heterocycles. The highest BCUT2D eigenvalue weighted by molar-refractivity contribution is 7.99. The maximum absolute atomic E-state index is 12.4. The van der Waals surface area contributed by atoms with Gasteiger partial charge in [0.15, 0.2) is 5.82 Å². The molecule has 0 spiro atoms. The van der Waals surface area contributed by atoms with Crippen molar-refractivity contribution in [3.05, 3.63) is 30.1 Å². The minimum absolute atomic E-state index is 0.125. The number of carbonyl (C=O) groups excluding carboxylic acids is 2. The molecule has 9 heteroatoms. The highest BCUT2D eigenvalue weighted by Crippen LogP contribution is 2.32. The minimum atomic E-state index is -0.151. The number of rotatable bonds is 6. The molecule has 0 radical (unpaired) electrons. The number of nitrogens with zero attached hydrogens (tertiary/aromatic N) is 4. The van der Waals surface area contributed by atoms with E-state index in [-0.39, 0.29) is 17.6 Å². The fourth-order valence-electron chi connectivity index (χ4n) is 4.03. The smallest absolute Gasteiger partial charge is 0.234 e. The number of benzene rings is 1. The molecule has 154 valence electrons. The molecule has 2 fully saturated rings. The number of nitrogens with one attached hydrogen (secondary N) is 1. The van der Waals surface area contributed by atoms with Gasteiger partial charge in [0.2, 0.25) is 17.0 Å². The number of anilines is 2. The first-order valence-electron chi connectivity index (χ1n) is 10.2. The predicted octanol–water partition coefficient (Wildman–Crippen LogP) is 2.90. The van der Waals surface area contributed by atoms with E-state index in [1.807, 2.05) is 24.3 Å². The van der Waals surface area contributed by atoms with Gasteiger partial charge in [0.25, 0.3) is 0 Å². The van der Waals surface area contributed by atoms with Crippen molar-refractivity contribution in [1.29, 1.82) is 0 Å². The van der Waals surface area contributed by atoms with Crippen LogP contribution in [0.2, 0.25) is 0 Å². The molecule has 2 aliphatic rings. The van der Waals surface area contributed by atoms with Crippen molar-refractivity contribution in [2.24, 2.45) is 0 Å². The molecule has 0 atom stereocenters. The molecule has 0 bridgehead atoms. The van der Waals surface area contributed by atoms with Crippen LogP contribution in [0.1, 0.15) is 56.7 Å². The summed E-state index contributed by atoms with van der Waals surface area (Å²) in [7, 11) is 0. The number of amides is 2. The fraction of sp³-hybridized carbons (Fsp3) is 0.500. The third-order valence-electron chi connectivity index (χ3n) is 5.51. The van der Waals surface area contributed by atoms with Crippen LogP contribution in [0.3, 0.4) is 0 Å². The number of carbonyl (C=O) groups is 2. The number of nitrogens with two attached hydrogens (primary N) is 1. The summed E-state index contributed by atoms with van der Waals surface area (Å²) >= 11 is 1.28. The normalized spacial score (nSPS) is 17.7. The topological polar surface area (TPSA) is 106 Å². The maximum Gasteiger partial charge on any atom is 0.234 e. The van der Waals surface area contributed by atoms with Gasteiger partial charge in [0, 0.05) is 30.3 Å². The Morgan fingerprint density at radius 3 is 2.79 bits per heavy atom. The Morgan fingerprint density at radius 1 is 1.21 bits per heavy atom. The molecule has 0 unspecified atom stereocenters. The first kappa shape index (κ1) is 19.8. The van der Waals surface area contributed by atoms with Gasteiger partial charge in [-0.3, -0.25) is 9.59 Å². The summed E-state index contributed by atoms with van der Waals surface area (Å²) in [5.74, 6) is 7.52. The van der Waals surface area contributed by atoms with Crippen molar-refractivity contribution < 1.29 is 9.59 Å². The molecule has 1 saturated heterocycles. The number of aromatic nitrogens is 3. The summed E-state index contributed by atoms with van der Waals surface area (Å²) in [5, 5.41) is 11.9. The lowest BCUT2D eigenvalue weighted by molar-refractivity contribution is -0.117. The highest BCUT2D eigenvalue weighted by Gasteiger charge is 2.23. The van der Waals surface area contributed by atoms with Gasteiger partial charge in [-0.25, -0.2) is 4.68 Å². The van der Waals surface area contributed by atoms with Crippen LogP contribution in [0.5, 0.6) is 0 Å². The molecule has 2 amide bonds. The van der Waals surface area contributed by atoms with E-state index < -0.39 is 0 Å². The van der Waals surface area contributed by atoms with E-state index in [0.29, 0.717) is 23.2 Å². The standard InChI is InChI=1S/C20H26N6O2S/c21-26-19(14-6-2-1-3-7-14)23-24-20(26)29-13-17(27)22-15-8-4-9-16(12-15)25-11-5-10-18(25)28/h4,8-9,12,14H,1-3,5-7,10-11,13,21H2,(H,22,27). The van der Waals surface area contributed by atoms with E-state index in [1.165, 1.54) is 35.7 Å². The Kier molecular flexibility index (Phi) is 6.03. The Bertz CT molecular complexity index is 893. The minimum Gasteiger partial charge on any atom is -0.336 e. The molecule has 8 nitrogen and oxygen atoms in total. The van der Waals surface area contributed by atoms with Gasteiger partial charge in [0.1, 0.15) is 0 Å². The fourth-order valence-corrected chi connectivity index (χ4v) is 4.69. The van der Waals surface area contributed by atoms with Gasteiger partial charge in [-0.2, -0.15) is 0 Å². The van der Waals surface area contributed by atoms with Crippen molar-refractivity contribution in [3.8, 4) is 0 Å². The number of hydrogen-bond donors (Lipinski definition) is 2. The summed E-state index contributed by atoms with van der Waals surface area (Å²) in [5.41, 5.74) is 1.49. The van der Waals surface area contributed by atoms with Gasteiger partial charge in [-0.05, 0) is 37.5 Å². The molecule has 29 heavy (non-hydrogen) atoms. The Balaban J connectivity index is 1.34. The average Bonchev–Trinajstić information content (AvgIpc) is 3.33. The zero-order valence-electron chi connectivity index (χ0n) is 16.3. The molecule has 1 aliphatic carbocycles. The van der Waals surface area contributed by atoms with Gasteiger partial charge in [-0.1, -0.05) is 37.1 Å². The van der Waals surface area contributed by atoms with Crippen LogP contribution in [0.25, 0.3) is 0 Å². The largest absolute Gasteiger partial charge is 0.336 e. The van der Waals surface area contributed by atoms with Crippen LogP contribution in [0.15, 0.2) is 29.4 Å². The van der Waals surface area contributed by atoms with Crippen molar-refractivity contribution in [2.75, 3.05) is 28.4 Å². The van der Waals surface area contributed by atoms with E-state index in [1.54, 1.807) is 4.90 Å². The summed E-state index contributed by atoms with van der Waals surface area (Å²) in [6, 6.07) is 7.38. The molecular formula is C20H26N6O2S. The lowest BCUT2D eigenvalue weighted by Crippen LogP contribution is -2.24. The molecular weight excluding hydrogens is 388 g/mol. The van der Waals surface area contributed by atoms with Crippen LogP contribution < -0.4 is 16.1 Å². The molecule has 2 aromatic rings. The quantitative estimate of drug-likeness (QED) is 0.556. The molecule has 1 saturated carbocycles. The van der Waals surface area contributed by atoms with Gasteiger partial charge >= 0.3 is 0 Å². The third kappa shape index (κ3) is 4.55. The monoisotopic (exact) mass is 414 g/mol. The summed E-state index contributed by atoms with van der Waals surface area (Å²) < 4.78 is 1.54. The van der Waals surface area contributed by atoms with Gasteiger partial charge < -0.3 is 16.1 Å². The first-order valence-corrected chi connectivity index (χ1v) is 11.1. The predicted molar refractivity (Wildman–Crippen MR) is 113 cm³/mol. The van der Waals surface area contributed by atoms with Gasteiger partial charge in [0.05, 0.1) is 5.75 Å². The van der Waals surface area contributed by atoms with Crippen LogP contribution in [0.4, 0.5) is 11.4 Å². The molecule has 4 rings (SSSR count). The average molecular weight is 415 g/mol. The first-order chi connectivity index (χ1) is 14.1. The third-order valence-corrected chi connectivity index (χ3v) is 6.45. The van der Waals surface area contributed by atoms with Crippen LogP contribution in [0, 0.1) is 0 Å². The van der Waals surface area contributed by atoms with Crippen molar-refractivity contribution in [3.63, 3.8) is 0 Å². The number of hydrogen-bond acceptors (Lipinski definition) is 6. The zero-order chi connectivity index (χ0) is 20.2. The highest BCUT2D eigenvalue weighted by atomic mass is 32.2. The van der Waals surface area contributed by atoms with Crippen LogP contribution >= 0.6 is 11.8 Å². The second-order valence-corrected chi connectivity index (χ2v) is 8.52. The summed E-state index contributed by atoms with van der Waals surface area (Å²) in [6.07, 6.45) is 7.30. The van der Waals surface area contributed by atoms with E-state index >= 15 is 0 Å². The summed E-state index contributed by atoms with van der Waals surface area (Å²) in [6.45, 7) is 0.724. The molecule has 1 aromatic carbocycles.